The van der Waals surface area contributed by atoms with Crippen molar-refractivity contribution in [2.75, 3.05) is 70.9 Å². The van der Waals surface area contributed by atoms with Gasteiger partial charge in [0.1, 0.15) is 29.7 Å². The third-order valence-electron chi connectivity index (χ3n) is 8.75. The Morgan fingerprint density at radius 1 is 0.920 bits per heavy atom. The lowest BCUT2D eigenvalue weighted by Gasteiger charge is -2.36. The molecule has 0 spiro atoms. The predicted molar refractivity (Wildman–Crippen MR) is 190 cm³/mol. The molecule has 1 aromatic heterocycles. The van der Waals surface area contributed by atoms with Gasteiger partial charge in [0.15, 0.2) is 11.6 Å². The topological polar surface area (TPSA) is 122 Å². The van der Waals surface area contributed by atoms with Gasteiger partial charge in [0.05, 0.1) is 27.4 Å². The zero-order valence-electron chi connectivity index (χ0n) is 29.4. The van der Waals surface area contributed by atoms with Crippen molar-refractivity contribution in [3.63, 3.8) is 0 Å². The minimum absolute atomic E-state index is 0.0584. The molecule has 0 bridgehead atoms. The molecular formula is C37H45FN6O6. The lowest BCUT2D eigenvalue weighted by molar-refractivity contribution is 0.0965. The summed E-state index contributed by atoms with van der Waals surface area (Å²) in [5.74, 6) is 1.13. The fourth-order valence-electron chi connectivity index (χ4n) is 6.06. The third-order valence-corrected chi connectivity index (χ3v) is 8.75. The van der Waals surface area contributed by atoms with Crippen molar-refractivity contribution in [1.82, 2.24) is 19.8 Å². The van der Waals surface area contributed by atoms with Crippen LogP contribution in [0.5, 0.6) is 23.0 Å². The molecule has 266 valence electrons. The van der Waals surface area contributed by atoms with E-state index in [1.54, 1.807) is 36.4 Å². The number of hydrogen-bond donors (Lipinski definition) is 2. The molecule has 1 aliphatic rings. The van der Waals surface area contributed by atoms with Crippen molar-refractivity contribution in [3.05, 3.63) is 89.4 Å². The van der Waals surface area contributed by atoms with Gasteiger partial charge in [-0.15, -0.1) is 0 Å². The van der Waals surface area contributed by atoms with E-state index in [0.29, 0.717) is 53.3 Å². The first-order valence-electron chi connectivity index (χ1n) is 16.5. The first kappa shape index (κ1) is 36.1. The van der Waals surface area contributed by atoms with Crippen LogP contribution in [0.2, 0.25) is 0 Å². The van der Waals surface area contributed by atoms with Crippen LogP contribution in [0.4, 0.5) is 26.6 Å². The smallest absolute Gasteiger partial charge is 0.413 e. The van der Waals surface area contributed by atoms with Crippen LogP contribution in [-0.2, 0) is 0 Å². The summed E-state index contributed by atoms with van der Waals surface area (Å²) >= 11 is 0. The van der Waals surface area contributed by atoms with E-state index < -0.39 is 18.0 Å². The van der Waals surface area contributed by atoms with E-state index in [1.165, 1.54) is 39.7 Å². The van der Waals surface area contributed by atoms with Crippen molar-refractivity contribution in [2.24, 2.45) is 0 Å². The predicted octanol–water partition coefficient (Wildman–Crippen LogP) is 6.37. The van der Waals surface area contributed by atoms with Gasteiger partial charge in [-0.3, -0.25) is 9.80 Å². The van der Waals surface area contributed by atoms with Crippen molar-refractivity contribution in [1.29, 1.82) is 0 Å². The van der Waals surface area contributed by atoms with Crippen LogP contribution in [0, 0.1) is 12.7 Å². The second-order valence-electron chi connectivity index (χ2n) is 12.2. The minimum Gasteiger partial charge on any atom is -0.497 e. The number of aryl methyl sites for hydroxylation is 1. The monoisotopic (exact) mass is 688 g/mol. The highest BCUT2D eigenvalue weighted by Crippen LogP contribution is 2.42. The summed E-state index contributed by atoms with van der Waals surface area (Å²) in [7, 11) is 4.57. The third kappa shape index (κ3) is 8.52. The quantitative estimate of drug-likeness (QED) is 0.154. The van der Waals surface area contributed by atoms with Gasteiger partial charge in [-0.1, -0.05) is 11.6 Å². The Morgan fingerprint density at radius 3 is 2.24 bits per heavy atom. The van der Waals surface area contributed by atoms with E-state index in [0.717, 1.165) is 36.6 Å². The van der Waals surface area contributed by atoms with E-state index in [1.807, 2.05) is 19.1 Å². The highest BCUT2D eigenvalue weighted by Gasteiger charge is 2.34. The molecule has 2 N–H and O–H groups in total. The van der Waals surface area contributed by atoms with E-state index in [-0.39, 0.29) is 17.5 Å². The molecule has 3 aromatic carbocycles. The van der Waals surface area contributed by atoms with Crippen LogP contribution in [0.25, 0.3) is 0 Å². The molecule has 5 rings (SSSR count). The summed E-state index contributed by atoms with van der Waals surface area (Å²) in [4.78, 5) is 27.9. The van der Waals surface area contributed by atoms with Crippen LogP contribution in [0.15, 0.2) is 66.9 Å². The summed E-state index contributed by atoms with van der Waals surface area (Å²) in [5.41, 5.74) is 2.32. The normalized spacial score (nSPS) is 14.2. The first-order valence-corrected chi connectivity index (χ1v) is 16.5. The van der Waals surface area contributed by atoms with Gasteiger partial charge in [0.25, 0.3) is 0 Å². The Balaban J connectivity index is 1.39. The summed E-state index contributed by atoms with van der Waals surface area (Å²) in [6, 6.07) is 16.2. The van der Waals surface area contributed by atoms with Crippen molar-refractivity contribution in [2.45, 2.75) is 32.9 Å². The standard InChI is InChI=1S/C37H45FN6O6/c1-24(2)43-17-15-42(16-18-43)19-20-50-33-11-8-26(22-30(33)38)40-36-39-14-13-34(41-36)44(37(45)46)35(28-21-25(3)7-10-31(28)48-5)29-23-27(47-4)9-12-32(29)49-6/h7-14,21-24,35H,15-20H2,1-6H3,(H,45,46)(H,39,40,41). The molecule has 1 aliphatic heterocycles. The average Bonchev–Trinajstić information content (AvgIpc) is 3.11. The molecule has 12 nitrogen and oxygen atoms in total. The van der Waals surface area contributed by atoms with E-state index >= 15 is 4.39 Å². The lowest BCUT2D eigenvalue weighted by Crippen LogP contribution is -2.49. The second-order valence-corrected chi connectivity index (χ2v) is 12.2. The number of nitrogens with zero attached hydrogens (tertiary/aromatic N) is 5. The van der Waals surface area contributed by atoms with Gasteiger partial charge in [-0.25, -0.2) is 19.1 Å². The Hall–Kier alpha value is -5.14. The number of carboxylic acid groups (broad SMARTS) is 1. The summed E-state index contributed by atoms with van der Waals surface area (Å²) < 4.78 is 37.8. The number of benzene rings is 3. The maximum Gasteiger partial charge on any atom is 0.413 e. The van der Waals surface area contributed by atoms with E-state index in [2.05, 4.69) is 38.9 Å². The van der Waals surface area contributed by atoms with E-state index in [4.69, 9.17) is 18.9 Å². The van der Waals surface area contributed by atoms with Crippen LogP contribution in [0.3, 0.4) is 0 Å². The SMILES string of the molecule is COc1ccc(OC)c(C(c2cc(C)ccc2OC)N(C(=O)O)c2ccnc(Nc3ccc(OCCN4CCN(C(C)C)CC4)c(F)c3)n2)c1. The number of hydrogen-bond acceptors (Lipinski definition) is 10. The van der Waals surface area contributed by atoms with Gasteiger partial charge in [-0.2, -0.15) is 4.98 Å². The fraction of sp³-hybridized carbons (Fsp3) is 0.378. The molecule has 1 amide bonds. The molecule has 1 atom stereocenters. The zero-order chi connectivity index (χ0) is 35.8. The summed E-state index contributed by atoms with van der Waals surface area (Å²) in [5, 5.41) is 13.7. The Kier molecular flexibility index (Phi) is 11.9. The van der Waals surface area contributed by atoms with Gasteiger partial charge in [-0.05, 0) is 69.3 Å². The number of anilines is 3. The van der Waals surface area contributed by atoms with Gasteiger partial charge in [0.2, 0.25) is 5.95 Å². The Morgan fingerprint density at radius 2 is 1.60 bits per heavy atom. The van der Waals surface area contributed by atoms with Crippen LogP contribution in [-0.4, -0.2) is 97.7 Å². The van der Waals surface area contributed by atoms with Gasteiger partial charge in [0, 0.05) is 67.8 Å². The number of carbonyl (C=O) groups is 1. The Labute approximate surface area is 292 Å². The number of rotatable bonds is 14. The molecule has 0 radical (unpaired) electrons. The maximum absolute atomic E-state index is 15.1. The van der Waals surface area contributed by atoms with Crippen molar-refractivity contribution < 1.29 is 33.2 Å². The highest BCUT2D eigenvalue weighted by molar-refractivity contribution is 5.87. The van der Waals surface area contributed by atoms with Crippen LogP contribution >= 0.6 is 0 Å². The number of nitrogens with one attached hydrogen (secondary N) is 1. The molecular weight excluding hydrogens is 643 g/mol. The maximum atomic E-state index is 15.1. The number of amides is 1. The molecule has 1 saturated heterocycles. The fourth-order valence-corrected chi connectivity index (χ4v) is 6.06. The molecule has 1 fully saturated rings. The van der Waals surface area contributed by atoms with Crippen molar-refractivity contribution >= 4 is 23.5 Å². The molecule has 0 saturated carbocycles. The molecule has 2 heterocycles. The van der Waals surface area contributed by atoms with Gasteiger partial charge >= 0.3 is 6.09 Å². The molecule has 4 aromatic rings. The zero-order valence-corrected chi connectivity index (χ0v) is 29.4. The first-order chi connectivity index (χ1) is 24.1. The summed E-state index contributed by atoms with van der Waals surface area (Å²) in [6.45, 7) is 11.3. The molecule has 50 heavy (non-hydrogen) atoms. The highest BCUT2D eigenvalue weighted by atomic mass is 19.1. The van der Waals surface area contributed by atoms with E-state index in [9.17, 15) is 9.90 Å². The minimum atomic E-state index is -1.29. The molecule has 1 unspecified atom stereocenters. The molecule has 13 heteroatoms. The van der Waals surface area contributed by atoms with Crippen molar-refractivity contribution in [3.8, 4) is 23.0 Å². The second kappa shape index (κ2) is 16.5. The Bertz CT molecular complexity index is 1770. The number of aromatic nitrogens is 2. The lowest BCUT2D eigenvalue weighted by atomic mass is 9.94. The number of halogens is 1. The number of piperazine rings is 1. The van der Waals surface area contributed by atoms with Gasteiger partial charge < -0.3 is 29.4 Å². The number of ether oxygens (including phenoxy) is 4. The molecule has 0 aliphatic carbocycles. The largest absolute Gasteiger partial charge is 0.497 e. The van der Waals surface area contributed by atoms with Crippen LogP contribution in [0.1, 0.15) is 36.6 Å². The summed E-state index contributed by atoms with van der Waals surface area (Å²) in [6.07, 6.45) is 0.144. The van der Waals surface area contributed by atoms with Crippen LogP contribution < -0.4 is 29.2 Å². The number of methoxy groups -OCH3 is 3. The average molecular weight is 689 g/mol.